The number of rotatable bonds is 12. The summed E-state index contributed by atoms with van der Waals surface area (Å²) in [6.45, 7) is 2.22. The third-order valence-electron chi connectivity index (χ3n) is 4.21. The third kappa shape index (κ3) is 7.08. The molecule has 0 saturated heterocycles. The number of aliphatic carboxylic acids is 1. The molecular formula is C19H30O3. The van der Waals surface area contributed by atoms with Crippen LogP contribution in [0, 0.1) is 0 Å². The highest BCUT2D eigenvalue weighted by atomic mass is 16.4. The second-order valence-corrected chi connectivity index (χ2v) is 6.05. The molecule has 0 spiro atoms. The summed E-state index contributed by atoms with van der Waals surface area (Å²) < 4.78 is 0. The first kappa shape index (κ1) is 18.7. The van der Waals surface area contributed by atoms with E-state index in [1.165, 1.54) is 38.5 Å². The van der Waals surface area contributed by atoms with Gasteiger partial charge in [-0.1, -0.05) is 82.6 Å². The van der Waals surface area contributed by atoms with Crippen LogP contribution in [0.5, 0.6) is 0 Å². The molecule has 0 aliphatic heterocycles. The predicted molar refractivity (Wildman–Crippen MR) is 90.0 cm³/mol. The number of carboxylic acid groups (broad SMARTS) is 1. The molecule has 1 aromatic carbocycles. The molecule has 0 amide bonds. The maximum atomic E-state index is 11.4. The van der Waals surface area contributed by atoms with Crippen LogP contribution < -0.4 is 0 Å². The Morgan fingerprint density at radius 2 is 1.50 bits per heavy atom. The van der Waals surface area contributed by atoms with Crippen LogP contribution in [0.1, 0.15) is 81.8 Å². The molecule has 22 heavy (non-hydrogen) atoms. The molecule has 3 heteroatoms. The summed E-state index contributed by atoms with van der Waals surface area (Å²) in [5.41, 5.74) is 1.66. The lowest BCUT2D eigenvalue weighted by Gasteiger charge is -2.13. The van der Waals surface area contributed by atoms with E-state index in [4.69, 9.17) is 5.11 Å². The highest BCUT2D eigenvalue weighted by Crippen LogP contribution is 2.24. The molecule has 0 saturated carbocycles. The van der Waals surface area contributed by atoms with Crippen LogP contribution in [-0.2, 0) is 11.4 Å². The molecule has 0 aromatic heterocycles. The third-order valence-corrected chi connectivity index (χ3v) is 4.21. The Morgan fingerprint density at radius 3 is 2.00 bits per heavy atom. The van der Waals surface area contributed by atoms with Crippen molar-refractivity contribution in [1.82, 2.24) is 0 Å². The number of hydrogen-bond acceptors (Lipinski definition) is 2. The summed E-state index contributed by atoms with van der Waals surface area (Å²) in [5.74, 6) is -1.17. The summed E-state index contributed by atoms with van der Waals surface area (Å²) in [5, 5.41) is 18.4. The largest absolute Gasteiger partial charge is 0.481 e. The number of carboxylic acids is 1. The number of aliphatic hydroxyl groups is 1. The number of benzene rings is 1. The quantitative estimate of drug-likeness (QED) is 0.541. The SMILES string of the molecule is CCCCCCCCCCC(C(=O)O)c1ccc(CO)cc1. The van der Waals surface area contributed by atoms with Crippen molar-refractivity contribution in [3.05, 3.63) is 35.4 Å². The molecule has 1 rings (SSSR count). The summed E-state index contributed by atoms with van der Waals surface area (Å²) in [6.07, 6.45) is 10.5. The number of unbranched alkanes of at least 4 members (excludes halogenated alkanes) is 7. The van der Waals surface area contributed by atoms with Gasteiger partial charge in [-0.15, -0.1) is 0 Å². The van der Waals surface area contributed by atoms with E-state index in [1.54, 1.807) is 12.1 Å². The number of aliphatic hydroxyl groups excluding tert-OH is 1. The summed E-state index contributed by atoms with van der Waals surface area (Å²) in [6, 6.07) is 7.27. The van der Waals surface area contributed by atoms with E-state index < -0.39 is 11.9 Å². The highest BCUT2D eigenvalue weighted by molar-refractivity contribution is 5.76. The molecule has 1 unspecified atom stereocenters. The van der Waals surface area contributed by atoms with Crippen molar-refractivity contribution in [1.29, 1.82) is 0 Å². The van der Waals surface area contributed by atoms with Gasteiger partial charge in [-0.05, 0) is 17.5 Å². The van der Waals surface area contributed by atoms with Crippen LogP contribution in [0.4, 0.5) is 0 Å². The first-order valence-corrected chi connectivity index (χ1v) is 8.61. The normalized spacial score (nSPS) is 12.3. The Bertz CT molecular complexity index is 411. The van der Waals surface area contributed by atoms with E-state index in [0.717, 1.165) is 24.0 Å². The van der Waals surface area contributed by atoms with Gasteiger partial charge in [0.15, 0.2) is 0 Å². The van der Waals surface area contributed by atoms with Gasteiger partial charge in [-0.25, -0.2) is 0 Å². The fourth-order valence-corrected chi connectivity index (χ4v) is 2.77. The highest BCUT2D eigenvalue weighted by Gasteiger charge is 2.19. The van der Waals surface area contributed by atoms with E-state index in [9.17, 15) is 9.90 Å². The Balaban J connectivity index is 2.31. The lowest BCUT2D eigenvalue weighted by Crippen LogP contribution is -2.11. The van der Waals surface area contributed by atoms with Gasteiger partial charge in [0, 0.05) is 0 Å². The molecule has 3 nitrogen and oxygen atoms in total. The summed E-state index contributed by atoms with van der Waals surface area (Å²) in [4.78, 5) is 11.4. The van der Waals surface area contributed by atoms with Crippen LogP contribution in [0.15, 0.2) is 24.3 Å². The van der Waals surface area contributed by atoms with Gasteiger partial charge < -0.3 is 10.2 Å². The van der Waals surface area contributed by atoms with Crippen LogP contribution >= 0.6 is 0 Å². The second-order valence-electron chi connectivity index (χ2n) is 6.05. The molecule has 2 N–H and O–H groups in total. The van der Waals surface area contributed by atoms with Crippen molar-refractivity contribution in [2.45, 2.75) is 77.2 Å². The average molecular weight is 306 g/mol. The zero-order valence-electron chi connectivity index (χ0n) is 13.8. The van der Waals surface area contributed by atoms with E-state index in [0.29, 0.717) is 6.42 Å². The van der Waals surface area contributed by atoms with Crippen LogP contribution in [0.25, 0.3) is 0 Å². The minimum Gasteiger partial charge on any atom is -0.481 e. The lowest BCUT2D eigenvalue weighted by atomic mass is 9.92. The lowest BCUT2D eigenvalue weighted by molar-refractivity contribution is -0.139. The molecule has 0 fully saturated rings. The van der Waals surface area contributed by atoms with Crippen molar-refractivity contribution in [3.8, 4) is 0 Å². The molecule has 124 valence electrons. The average Bonchev–Trinajstić information content (AvgIpc) is 2.53. The van der Waals surface area contributed by atoms with Crippen LogP contribution in [0.3, 0.4) is 0 Å². The van der Waals surface area contributed by atoms with Gasteiger partial charge in [0.2, 0.25) is 0 Å². The Labute approximate surface area is 134 Å². The topological polar surface area (TPSA) is 57.5 Å². The fourth-order valence-electron chi connectivity index (χ4n) is 2.77. The van der Waals surface area contributed by atoms with Gasteiger partial charge in [-0.2, -0.15) is 0 Å². The van der Waals surface area contributed by atoms with Gasteiger partial charge >= 0.3 is 5.97 Å². The molecule has 0 aliphatic carbocycles. The smallest absolute Gasteiger partial charge is 0.310 e. The van der Waals surface area contributed by atoms with Crippen molar-refractivity contribution in [2.24, 2.45) is 0 Å². The van der Waals surface area contributed by atoms with Gasteiger partial charge in [0.25, 0.3) is 0 Å². The summed E-state index contributed by atoms with van der Waals surface area (Å²) >= 11 is 0. The van der Waals surface area contributed by atoms with Gasteiger partial charge in [0.05, 0.1) is 12.5 Å². The second kappa shape index (κ2) is 11.2. The first-order chi connectivity index (χ1) is 10.7. The summed E-state index contributed by atoms with van der Waals surface area (Å²) in [7, 11) is 0. The van der Waals surface area contributed by atoms with Crippen molar-refractivity contribution >= 4 is 5.97 Å². The molecule has 0 bridgehead atoms. The Kier molecular flexibility index (Phi) is 9.56. The predicted octanol–water partition coefficient (Wildman–Crippen LogP) is 4.88. The minimum atomic E-state index is -0.750. The number of carbonyl (C=O) groups is 1. The molecule has 1 atom stereocenters. The Hall–Kier alpha value is -1.35. The standard InChI is InChI=1S/C19H30O3/c1-2-3-4-5-6-7-8-9-10-18(19(21)22)17-13-11-16(15-20)12-14-17/h11-14,18,20H,2-10,15H2,1H3,(H,21,22). The molecule has 0 heterocycles. The molecule has 1 aromatic rings. The van der Waals surface area contributed by atoms with Crippen LogP contribution in [0.2, 0.25) is 0 Å². The van der Waals surface area contributed by atoms with Gasteiger partial charge in [0.1, 0.15) is 0 Å². The fraction of sp³-hybridized carbons (Fsp3) is 0.632. The maximum absolute atomic E-state index is 11.4. The van der Waals surface area contributed by atoms with Crippen molar-refractivity contribution < 1.29 is 15.0 Å². The van der Waals surface area contributed by atoms with Crippen molar-refractivity contribution in [2.75, 3.05) is 0 Å². The van der Waals surface area contributed by atoms with Gasteiger partial charge in [-0.3, -0.25) is 4.79 Å². The number of hydrogen-bond donors (Lipinski definition) is 2. The monoisotopic (exact) mass is 306 g/mol. The van der Waals surface area contributed by atoms with E-state index >= 15 is 0 Å². The molecule has 0 radical (unpaired) electrons. The van der Waals surface area contributed by atoms with E-state index in [2.05, 4.69) is 6.92 Å². The van der Waals surface area contributed by atoms with E-state index in [1.807, 2.05) is 12.1 Å². The molecule has 0 aliphatic rings. The minimum absolute atomic E-state index is 0.00392. The van der Waals surface area contributed by atoms with E-state index in [-0.39, 0.29) is 6.61 Å². The first-order valence-electron chi connectivity index (χ1n) is 8.61. The van der Waals surface area contributed by atoms with Crippen molar-refractivity contribution in [3.63, 3.8) is 0 Å². The Morgan fingerprint density at radius 1 is 0.955 bits per heavy atom. The maximum Gasteiger partial charge on any atom is 0.310 e. The molecular weight excluding hydrogens is 276 g/mol. The zero-order chi connectivity index (χ0) is 16.2. The zero-order valence-corrected chi connectivity index (χ0v) is 13.8. The van der Waals surface area contributed by atoms with Crippen LogP contribution in [-0.4, -0.2) is 16.2 Å².